The summed E-state index contributed by atoms with van der Waals surface area (Å²) >= 11 is 0. The lowest BCUT2D eigenvalue weighted by Gasteiger charge is -2.14. The van der Waals surface area contributed by atoms with Crippen LogP contribution in [0.1, 0.15) is 5.56 Å². The molecule has 0 aliphatic heterocycles. The number of nitro benzene ring substituents is 1. The number of hydrogen-bond donors (Lipinski definition) is 1. The second-order valence-corrected chi connectivity index (χ2v) is 3.57. The zero-order chi connectivity index (χ0) is 12.0. The predicted octanol–water partition coefficient (Wildman–Crippen LogP) is 1.37. The van der Waals surface area contributed by atoms with E-state index < -0.39 is 4.92 Å². The number of ether oxygens (including phenoxy) is 1. The summed E-state index contributed by atoms with van der Waals surface area (Å²) in [6, 6.07) is 6.83. The number of non-ortho nitro benzene ring substituents is 1. The summed E-state index contributed by atoms with van der Waals surface area (Å²) in [5.74, 6) is 0. The van der Waals surface area contributed by atoms with Crippen LogP contribution in [0.4, 0.5) is 5.69 Å². The molecule has 88 valence electrons. The summed E-state index contributed by atoms with van der Waals surface area (Å²) in [4.78, 5) is 10.1. The first-order chi connectivity index (χ1) is 7.67. The van der Waals surface area contributed by atoms with Crippen molar-refractivity contribution in [2.45, 2.75) is 12.5 Å². The third-order valence-corrected chi connectivity index (χ3v) is 2.41. The minimum atomic E-state index is -0.394. The summed E-state index contributed by atoms with van der Waals surface area (Å²) in [5, 5.41) is 13.6. The Bertz CT molecular complexity index is 338. The van der Waals surface area contributed by atoms with Gasteiger partial charge in [-0.2, -0.15) is 0 Å². The molecular weight excluding hydrogens is 208 g/mol. The van der Waals surface area contributed by atoms with E-state index in [2.05, 4.69) is 5.32 Å². The van der Waals surface area contributed by atoms with Crippen molar-refractivity contribution >= 4 is 5.69 Å². The van der Waals surface area contributed by atoms with Gasteiger partial charge in [-0.25, -0.2) is 0 Å². The van der Waals surface area contributed by atoms with Crippen LogP contribution >= 0.6 is 0 Å². The van der Waals surface area contributed by atoms with Gasteiger partial charge in [0, 0.05) is 25.3 Å². The van der Waals surface area contributed by atoms with Gasteiger partial charge in [-0.3, -0.25) is 10.1 Å². The van der Waals surface area contributed by atoms with Gasteiger partial charge in [-0.15, -0.1) is 0 Å². The van der Waals surface area contributed by atoms with Crippen LogP contribution in [-0.4, -0.2) is 31.7 Å². The highest BCUT2D eigenvalue weighted by atomic mass is 16.6. The molecule has 1 unspecified atom stereocenters. The van der Waals surface area contributed by atoms with E-state index in [9.17, 15) is 10.1 Å². The molecule has 0 spiro atoms. The summed E-state index contributed by atoms with van der Waals surface area (Å²) in [7, 11) is 3.52. The molecule has 1 aromatic rings. The monoisotopic (exact) mass is 224 g/mol. The van der Waals surface area contributed by atoms with Crippen LogP contribution in [0.2, 0.25) is 0 Å². The van der Waals surface area contributed by atoms with E-state index >= 15 is 0 Å². The van der Waals surface area contributed by atoms with Crippen LogP contribution in [0.15, 0.2) is 24.3 Å². The lowest BCUT2D eigenvalue weighted by Crippen LogP contribution is -2.32. The van der Waals surface area contributed by atoms with Crippen molar-refractivity contribution in [2.75, 3.05) is 20.8 Å². The molecule has 1 rings (SSSR count). The average Bonchev–Trinajstić information content (AvgIpc) is 2.29. The minimum Gasteiger partial charge on any atom is -0.383 e. The maximum absolute atomic E-state index is 10.5. The molecule has 0 aliphatic carbocycles. The first kappa shape index (κ1) is 12.6. The van der Waals surface area contributed by atoms with E-state index in [1.54, 1.807) is 19.2 Å². The van der Waals surface area contributed by atoms with Crippen LogP contribution in [0.3, 0.4) is 0 Å². The molecule has 0 fully saturated rings. The number of benzene rings is 1. The second-order valence-electron chi connectivity index (χ2n) is 3.57. The van der Waals surface area contributed by atoms with Crippen molar-refractivity contribution in [1.29, 1.82) is 0 Å². The number of rotatable bonds is 6. The predicted molar refractivity (Wildman–Crippen MR) is 61.5 cm³/mol. The van der Waals surface area contributed by atoms with Gasteiger partial charge in [0.15, 0.2) is 0 Å². The van der Waals surface area contributed by atoms with Crippen molar-refractivity contribution in [2.24, 2.45) is 0 Å². The fourth-order valence-electron chi connectivity index (χ4n) is 1.48. The lowest BCUT2D eigenvalue weighted by molar-refractivity contribution is -0.384. The molecule has 1 aromatic carbocycles. The summed E-state index contributed by atoms with van der Waals surface area (Å²) in [6.45, 7) is 0.619. The standard InChI is InChI=1S/C11H16N2O3/c1-12-10(8-16-2)7-9-3-5-11(6-4-9)13(14)15/h3-6,10,12H,7-8H2,1-2H3. The molecule has 0 radical (unpaired) electrons. The normalized spacial score (nSPS) is 12.4. The quantitative estimate of drug-likeness (QED) is 0.585. The molecule has 0 amide bonds. The van der Waals surface area contributed by atoms with Crippen molar-refractivity contribution in [3.63, 3.8) is 0 Å². The van der Waals surface area contributed by atoms with Gasteiger partial charge >= 0.3 is 0 Å². The van der Waals surface area contributed by atoms with Gasteiger partial charge in [0.2, 0.25) is 0 Å². The summed E-state index contributed by atoms with van der Waals surface area (Å²) < 4.78 is 5.06. The minimum absolute atomic E-state index is 0.122. The Hall–Kier alpha value is -1.46. The summed E-state index contributed by atoms with van der Waals surface area (Å²) in [6.07, 6.45) is 0.794. The van der Waals surface area contributed by atoms with E-state index in [1.165, 1.54) is 12.1 Å². The van der Waals surface area contributed by atoms with Crippen LogP contribution in [0, 0.1) is 10.1 Å². The van der Waals surface area contributed by atoms with Crippen molar-refractivity contribution in [3.05, 3.63) is 39.9 Å². The van der Waals surface area contributed by atoms with Crippen LogP contribution < -0.4 is 5.32 Å². The number of nitrogens with one attached hydrogen (secondary N) is 1. The SMILES string of the molecule is CNC(COC)Cc1ccc([N+](=O)[O-])cc1. The van der Waals surface area contributed by atoms with Crippen LogP contribution in [-0.2, 0) is 11.2 Å². The van der Waals surface area contributed by atoms with Crippen molar-refractivity contribution in [1.82, 2.24) is 5.32 Å². The third-order valence-electron chi connectivity index (χ3n) is 2.41. The molecule has 0 aliphatic rings. The van der Waals surface area contributed by atoms with Gasteiger partial charge < -0.3 is 10.1 Å². The molecule has 0 saturated carbocycles. The van der Waals surface area contributed by atoms with E-state index in [1.807, 2.05) is 7.05 Å². The Morgan fingerprint density at radius 3 is 2.50 bits per heavy atom. The maximum atomic E-state index is 10.5. The molecule has 0 bridgehead atoms. The highest BCUT2D eigenvalue weighted by molar-refractivity contribution is 5.33. The molecule has 1 atom stereocenters. The third kappa shape index (κ3) is 3.60. The Labute approximate surface area is 94.6 Å². The van der Waals surface area contributed by atoms with E-state index in [0.717, 1.165) is 12.0 Å². The molecule has 5 nitrogen and oxygen atoms in total. The number of nitro groups is 1. The maximum Gasteiger partial charge on any atom is 0.269 e. The first-order valence-electron chi connectivity index (χ1n) is 5.07. The number of nitrogens with zero attached hydrogens (tertiary/aromatic N) is 1. The van der Waals surface area contributed by atoms with Crippen LogP contribution in [0.5, 0.6) is 0 Å². The average molecular weight is 224 g/mol. The highest BCUT2D eigenvalue weighted by Crippen LogP contribution is 2.13. The number of methoxy groups -OCH3 is 1. The van der Waals surface area contributed by atoms with Gasteiger partial charge in [0.1, 0.15) is 0 Å². The summed E-state index contributed by atoms with van der Waals surface area (Å²) in [5.41, 5.74) is 1.18. The molecule has 0 heterocycles. The Morgan fingerprint density at radius 2 is 2.06 bits per heavy atom. The zero-order valence-electron chi connectivity index (χ0n) is 9.47. The molecular formula is C11H16N2O3. The molecule has 16 heavy (non-hydrogen) atoms. The number of likely N-dealkylation sites (N-methyl/N-ethyl adjacent to an activating group) is 1. The smallest absolute Gasteiger partial charge is 0.269 e. The molecule has 1 N–H and O–H groups in total. The van der Waals surface area contributed by atoms with E-state index in [0.29, 0.717) is 6.61 Å². The van der Waals surface area contributed by atoms with Gasteiger partial charge in [-0.1, -0.05) is 12.1 Å². The second kappa shape index (κ2) is 6.19. The zero-order valence-corrected chi connectivity index (χ0v) is 9.47. The largest absolute Gasteiger partial charge is 0.383 e. The number of hydrogen-bond acceptors (Lipinski definition) is 4. The topological polar surface area (TPSA) is 64.4 Å². The van der Waals surface area contributed by atoms with E-state index in [4.69, 9.17) is 4.74 Å². The molecule has 0 saturated heterocycles. The Kier molecular flexibility index (Phi) is 4.88. The van der Waals surface area contributed by atoms with Crippen molar-refractivity contribution in [3.8, 4) is 0 Å². The van der Waals surface area contributed by atoms with Gasteiger partial charge in [0.25, 0.3) is 5.69 Å². The Balaban J connectivity index is 2.63. The van der Waals surface area contributed by atoms with Crippen molar-refractivity contribution < 1.29 is 9.66 Å². The fourth-order valence-corrected chi connectivity index (χ4v) is 1.48. The van der Waals surface area contributed by atoms with Gasteiger partial charge in [0.05, 0.1) is 11.5 Å². The lowest BCUT2D eigenvalue weighted by atomic mass is 10.1. The first-order valence-corrected chi connectivity index (χ1v) is 5.07. The van der Waals surface area contributed by atoms with Gasteiger partial charge in [-0.05, 0) is 19.0 Å². The van der Waals surface area contributed by atoms with Crippen LogP contribution in [0.25, 0.3) is 0 Å². The Morgan fingerprint density at radius 1 is 1.44 bits per heavy atom. The van der Waals surface area contributed by atoms with E-state index in [-0.39, 0.29) is 11.7 Å². The highest BCUT2D eigenvalue weighted by Gasteiger charge is 2.08. The fraction of sp³-hybridized carbons (Fsp3) is 0.455. The molecule has 0 aromatic heterocycles. The molecule has 5 heteroatoms.